The Labute approximate surface area is 137 Å². The first-order chi connectivity index (χ1) is 11.3. The lowest BCUT2D eigenvalue weighted by molar-refractivity contribution is -0.147. The molecule has 4 amide bonds. The number of hydrogen-bond donors (Lipinski definition) is 3. The number of hydrogen-bond acceptors (Lipinski definition) is 5. The molecule has 0 aromatic heterocycles. The van der Waals surface area contributed by atoms with Crippen molar-refractivity contribution in [1.82, 2.24) is 16.0 Å². The molecule has 0 saturated heterocycles. The van der Waals surface area contributed by atoms with Crippen LogP contribution in [0.3, 0.4) is 0 Å². The van der Waals surface area contributed by atoms with E-state index in [0.29, 0.717) is 0 Å². The molecule has 9 heteroatoms. The number of nitrogens with one attached hydrogen (secondary N) is 3. The van der Waals surface area contributed by atoms with Gasteiger partial charge in [-0.3, -0.25) is 19.7 Å². The zero-order valence-electron chi connectivity index (χ0n) is 13.2. The SMILES string of the molecule is CC(C)NC(=O)NC(=O)COC(=O)CNC(=O)c1ccccc1F. The van der Waals surface area contributed by atoms with Crippen LogP contribution in [0, 0.1) is 5.82 Å². The fraction of sp³-hybridized carbons (Fsp3) is 0.333. The number of ether oxygens (including phenoxy) is 1. The first-order valence-electron chi connectivity index (χ1n) is 7.08. The second-order valence-electron chi connectivity index (χ2n) is 5.00. The Morgan fingerprint density at radius 1 is 1.17 bits per heavy atom. The summed E-state index contributed by atoms with van der Waals surface area (Å²) in [4.78, 5) is 45.7. The molecule has 0 radical (unpaired) electrons. The van der Waals surface area contributed by atoms with E-state index in [-0.39, 0.29) is 11.6 Å². The smallest absolute Gasteiger partial charge is 0.325 e. The van der Waals surface area contributed by atoms with Crippen molar-refractivity contribution < 1.29 is 28.3 Å². The minimum absolute atomic E-state index is 0.158. The molecule has 1 rings (SSSR count). The summed E-state index contributed by atoms with van der Waals surface area (Å²) < 4.78 is 17.9. The number of amides is 4. The average Bonchev–Trinajstić information content (AvgIpc) is 2.50. The highest BCUT2D eigenvalue weighted by molar-refractivity contribution is 5.97. The summed E-state index contributed by atoms with van der Waals surface area (Å²) in [6.07, 6.45) is 0. The molecule has 0 saturated carbocycles. The van der Waals surface area contributed by atoms with E-state index in [4.69, 9.17) is 0 Å². The number of carbonyl (C=O) groups excluding carboxylic acids is 4. The molecule has 0 spiro atoms. The summed E-state index contributed by atoms with van der Waals surface area (Å²) in [5.74, 6) is -3.23. The van der Waals surface area contributed by atoms with Crippen LogP contribution in [0.2, 0.25) is 0 Å². The van der Waals surface area contributed by atoms with Gasteiger partial charge in [-0.1, -0.05) is 12.1 Å². The summed E-state index contributed by atoms with van der Waals surface area (Å²) in [5.41, 5.74) is -0.214. The Kier molecular flexibility index (Phi) is 7.34. The zero-order valence-corrected chi connectivity index (χ0v) is 13.2. The van der Waals surface area contributed by atoms with Gasteiger partial charge in [-0.25, -0.2) is 9.18 Å². The third kappa shape index (κ3) is 6.86. The minimum Gasteiger partial charge on any atom is -0.454 e. The van der Waals surface area contributed by atoms with Crippen molar-refractivity contribution in [1.29, 1.82) is 0 Å². The van der Waals surface area contributed by atoms with Gasteiger partial charge in [-0.15, -0.1) is 0 Å². The van der Waals surface area contributed by atoms with Gasteiger partial charge in [0.1, 0.15) is 12.4 Å². The summed E-state index contributed by atoms with van der Waals surface area (Å²) >= 11 is 0. The molecule has 0 fully saturated rings. The quantitative estimate of drug-likeness (QED) is 0.647. The molecule has 0 atom stereocenters. The molecule has 24 heavy (non-hydrogen) atoms. The number of rotatable bonds is 6. The summed E-state index contributed by atoms with van der Waals surface area (Å²) in [6, 6.07) is 4.40. The summed E-state index contributed by atoms with van der Waals surface area (Å²) in [5, 5.41) is 6.55. The van der Waals surface area contributed by atoms with Crippen LogP contribution in [0.5, 0.6) is 0 Å². The summed E-state index contributed by atoms with van der Waals surface area (Å²) in [7, 11) is 0. The van der Waals surface area contributed by atoms with Crippen LogP contribution >= 0.6 is 0 Å². The van der Waals surface area contributed by atoms with Crippen LogP contribution in [0.1, 0.15) is 24.2 Å². The Balaban J connectivity index is 2.32. The number of urea groups is 1. The summed E-state index contributed by atoms with van der Waals surface area (Å²) in [6.45, 7) is 2.20. The molecule has 0 aliphatic carbocycles. The van der Waals surface area contributed by atoms with E-state index in [0.717, 1.165) is 6.07 Å². The fourth-order valence-corrected chi connectivity index (χ4v) is 1.55. The predicted molar refractivity (Wildman–Crippen MR) is 81.5 cm³/mol. The third-order valence-electron chi connectivity index (χ3n) is 2.55. The molecule has 0 aliphatic rings. The maximum absolute atomic E-state index is 13.4. The Morgan fingerprint density at radius 2 is 1.83 bits per heavy atom. The Morgan fingerprint density at radius 3 is 2.46 bits per heavy atom. The number of carbonyl (C=O) groups is 4. The highest BCUT2D eigenvalue weighted by Crippen LogP contribution is 2.05. The molecular weight excluding hydrogens is 321 g/mol. The topological polar surface area (TPSA) is 114 Å². The fourth-order valence-electron chi connectivity index (χ4n) is 1.55. The van der Waals surface area contributed by atoms with Crippen molar-refractivity contribution in [3.05, 3.63) is 35.6 Å². The molecule has 0 aliphatic heterocycles. The van der Waals surface area contributed by atoms with Gasteiger partial charge in [0.15, 0.2) is 6.61 Å². The van der Waals surface area contributed by atoms with Gasteiger partial charge in [-0.2, -0.15) is 0 Å². The Hall–Kier alpha value is -2.97. The number of halogens is 1. The van der Waals surface area contributed by atoms with E-state index in [2.05, 4.69) is 15.4 Å². The highest BCUT2D eigenvalue weighted by atomic mass is 19.1. The van der Waals surface area contributed by atoms with Crippen molar-refractivity contribution in [2.24, 2.45) is 0 Å². The predicted octanol–water partition coefficient (Wildman–Crippen LogP) is 0.333. The molecular formula is C15H18FN3O5. The highest BCUT2D eigenvalue weighted by Gasteiger charge is 2.14. The third-order valence-corrected chi connectivity index (χ3v) is 2.55. The van der Waals surface area contributed by atoms with Gasteiger partial charge in [-0.05, 0) is 26.0 Å². The lowest BCUT2D eigenvalue weighted by Gasteiger charge is -2.09. The van der Waals surface area contributed by atoms with Crippen LogP contribution in [0.4, 0.5) is 9.18 Å². The second kappa shape index (κ2) is 9.23. The number of imide groups is 1. The van der Waals surface area contributed by atoms with E-state index < -0.39 is 42.8 Å². The van der Waals surface area contributed by atoms with Crippen molar-refractivity contribution in [3.8, 4) is 0 Å². The first kappa shape index (κ1) is 19.1. The van der Waals surface area contributed by atoms with Crippen LogP contribution < -0.4 is 16.0 Å². The van der Waals surface area contributed by atoms with E-state index >= 15 is 0 Å². The van der Waals surface area contributed by atoms with E-state index in [9.17, 15) is 23.6 Å². The molecule has 0 heterocycles. The van der Waals surface area contributed by atoms with E-state index in [1.807, 2.05) is 5.32 Å². The van der Waals surface area contributed by atoms with Gasteiger partial charge in [0.05, 0.1) is 5.56 Å². The van der Waals surface area contributed by atoms with Gasteiger partial charge in [0.25, 0.3) is 11.8 Å². The zero-order chi connectivity index (χ0) is 18.1. The van der Waals surface area contributed by atoms with Crippen molar-refractivity contribution in [2.45, 2.75) is 19.9 Å². The van der Waals surface area contributed by atoms with Crippen LogP contribution in [-0.4, -0.2) is 43.0 Å². The standard InChI is InChI=1S/C15H18FN3O5/c1-9(2)18-15(23)19-12(20)8-24-13(21)7-17-14(22)10-5-3-4-6-11(10)16/h3-6,9H,7-8H2,1-2H3,(H,17,22)(H2,18,19,20,23). The van der Waals surface area contributed by atoms with Crippen LogP contribution in [-0.2, 0) is 14.3 Å². The van der Waals surface area contributed by atoms with Gasteiger partial charge >= 0.3 is 12.0 Å². The molecule has 0 unspecified atom stereocenters. The minimum atomic E-state index is -0.904. The number of benzene rings is 1. The first-order valence-corrected chi connectivity index (χ1v) is 7.08. The Bertz CT molecular complexity index is 633. The molecule has 8 nitrogen and oxygen atoms in total. The van der Waals surface area contributed by atoms with E-state index in [1.54, 1.807) is 13.8 Å². The van der Waals surface area contributed by atoms with Crippen LogP contribution in [0.25, 0.3) is 0 Å². The van der Waals surface area contributed by atoms with Crippen molar-refractivity contribution in [2.75, 3.05) is 13.2 Å². The van der Waals surface area contributed by atoms with Crippen molar-refractivity contribution in [3.63, 3.8) is 0 Å². The van der Waals surface area contributed by atoms with Crippen molar-refractivity contribution >= 4 is 23.8 Å². The molecule has 130 valence electrons. The molecule has 1 aromatic carbocycles. The molecule has 1 aromatic rings. The lowest BCUT2D eigenvalue weighted by atomic mass is 10.2. The lowest BCUT2D eigenvalue weighted by Crippen LogP contribution is -2.44. The van der Waals surface area contributed by atoms with Gasteiger partial charge in [0, 0.05) is 6.04 Å². The largest absolute Gasteiger partial charge is 0.454 e. The normalized spacial score (nSPS) is 10.0. The van der Waals surface area contributed by atoms with Gasteiger partial charge < -0.3 is 15.4 Å². The maximum atomic E-state index is 13.4. The number of esters is 1. The van der Waals surface area contributed by atoms with Gasteiger partial charge in [0.2, 0.25) is 0 Å². The average molecular weight is 339 g/mol. The monoisotopic (exact) mass is 339 g/mol. The van der Waals surface area contributed by atoms with Crippen LogP contribution in [0.15, 0.2) is 24.3 Å². The second-order valence-corrected chi connectivity index (χ2v) is 5.00. The molecule has 0 bridgehead atoms. The van der Waals surface area contributed by atoms with E-state index in [1.165, 1.54) is 18.2 Å². The molecule has 3 N–H and O–H groups in total. The maximum Gasteiger partial charge on any atom is 0.325 e.